The summed E-state index contributed by atoms with van der Waals surface area (Å²) in [5.41, 5.74) is 5.82. The van der Waals surface area contributed by atoms with Crippen molar-refractivity contribution in [2.24, 2.45) is 0 Å². The molecule has 0 fully saturated rings. The largest absolute Gasteiger partial charge is 0.377 e. The van der Waals surface area contributed by atoms with Crippen LogP contribution < -0.4 is 9.21 Å². The molecule has 0 saturated heterocycles. The van der Waals surface area contributed by atoms with Gasteiger partial charge in [-0.25, -0.2) is 8.42 Å². The topological polar surface area (TPSA) is 40.6 Å². The Hall–Kier alpha value is -2.75. The van der Waals surface area contributed by atoms with Crippen LogP contribution in [-0.4, -0.2) is 37.6 Å². The lowest BCUT2D eigenvalue weighted by Crippen LogP contribution is -2.26. The van der Waals surface area contributed by atoms with Crippen LogP contribution in [0.25, 0.3) is 10.8 Å². The van der Waals surface area contributed by atoms with Gasteiger partial charge in [0.2, 0.25) is 0 Å². The summed E-state index contributed by atoms with van der Waals surface area (Å²) in [6, 6.07) is 18.5. The Morgan fingerprint density at radius 1 is 0.800 bits per heavy atom. The Balaban J connectivity index is 2.02. The molecule has 0 saturated carbocycles. The predicted octanol–water partition coefficient (Wildman–Crippen LogP) is 4.96. The van der Waals surface area contributed by atoms with Crippen molar-refractivity contribution in [2.45, 2.75) is 24.5 Å². The molecule has 3 aromatic rings. The van der Waals surface area contributed by atoms with E-state index in [0.29, 0.717) is 16.0 Å². The molecule has 30 heavy (non-hydrogen) atoms. The van der Waals surface area contributed by atoms with Crippen LogP contribution in [-0.2, 0) is 10.0 Å². The van der Waals surface area contributed by atoms with E-state index in [1.54, 1.807) is 19.2 Å². The molecule has 0 N–H and O–H groups in total. The molecule has 0 amide bonds. The van der Waals surface area contributed by atoms with Crippen LogP contribution in [0.3, 0.4) is 0 Å². The van der Waals surface area contributed by atoms with Crippen molar-refractivity contribution in [1.29, 1.82) is 0 Å². The number of hydrogen-bond acceptors (Lipinski definition) is 3. The SMILES string of the molecule is CN(C)c1cccc2c(S(=O)(=O)N(C)c3ccc(C#C[Si](C)(C)C)cc3)cccc12. The molecule has 4 nitrogen and oxygen atoms in total. The van der Waals surface area contributed by atoms with Crippen molar-refractivity contribution < 1.29 is 8.42 Å². The van der Waals surface area contributed by atoms with Gasteiger partial charge in [-0.2, -0.15) is 0 Å². The van der Waals surface area contributed by atoms with E-state index < -0.39 is 18.1 Å². The van der Waals surface area contributed by atoms with Gasteiger partial charge in [0.1, 0.15) is 8.07 Å². The highest BCUT2D eigenvalue weighted by Gasteiger charge is 2.24. The number of hydrogen-bond donors (Lipinski definition) is 0. The molecule has 0 aliphatic rings. The number of sulfonamides is 1. The average Bonchev–Trinajstić information content (AvgIpc) is 2.70. The Labute approximate surface area is 181 Å². The molecule has 0 unspecified atom stereocenters. The van der Waals surface area contributed by atoms with Gasteiger partial charge in [-0.15, -0.1) is 5.54 Å². The molecule has 0 radical (unpaired) electrons. The molecule has 156 valence electrons. The molecule has 0 bridgehead atoms. The number of nitrogens with zero attached hydrogens (tertiary/aromatic N) is 2. The molecule has 3 aromatic carbocycles. The summed E-state index contributed by atoms with van der Waals surface area (Å²) in [5, 5.41) is 1.63. The normalized spacial score (nSPS) is 11.7. The van der Waals surface area contributed by atoms with Gasteiger partial charge in [0.15, 0.2) is 0 Å². The van der Waals surface area contributed by atoms with Crippen molar-refractivity contribution in [3.8, 4) is 11.5 Å². The van der Waals surface area contributed by atoms with Gasteiger partial charge in [0.05, 0.1) is 10.6 Å². The van der Waals surface area contributed by atoms with Crippen molar-refractivity contribution in [3.63, 3.8) is 0 Å². The van der Waals surface area contributed by atoms with Gasteiger partial charge in [0.25, 0.3) is 10.0 Å². The van der Waals surface area contributed by atoms with Crippen molar-refractivity contribution in [2.75, 3.05) is 30.3 Å². The van der Waals surface area contributed by atoms with Gasteiger partial charge in [-0.3, -0.25) is 4.31 Å². The van der Waals surface area contributed by atoms with E-state index in [2.05, 4.69) is 31.1 Å². The lowest BCUT2D eigenvalue weighted by Gasteiger charge is -2.22. The summed E-state index contributed by atoms with van der Waals surface area (Å²) in [7, 11) is 0.313. The first kappa shape index (κ1) is 21.9. The lowest BCUT2D eigenvalue weighted by atomic mass is 10.1. The number of anilines is 2. The number of rotatable bonds is 4. The summed E-state index contributed by atoms with van der Waals surface area (Å²) >= 11 is 0. The zero-order chi connectivity index (χ0) is 22.1. The smallest absolute Gasteiger partial charge is 0.264 e. The third-order valence-corrected chi connectivity index (χ3v) is 7.51. The Kier molecular flexibility index (Phi) is 5.98. The fourth-order valence-electron chi connectivity index (χ4n) is 3.18. The fraction of sp³-hybridized carbons (Fsp3) is 0.250. The monoisotopic (exact) mass is 436 g/mol. The van der Waals surface area contributed by atoms with Crippen LogP contribution in [0.1, 0.15) is 5.56 Å². The molecular formula is C24H28N2O2SSi. The van der Waals surface area contributed by atoms with Crippen LogP contribution in [0.15, 0.2) is 65.6 Å². The molecular weight excluding hydrogens is 408 g/mol. The second-order valence-corrected chi connectivity index (χ2v) is 15.2. The number of fused-ring (bicyclic) bond motifs is 1. The van der Waals surface area contributed by atoms with Crippen molar-refractivity contribution in [1.82, 2.24) is 0 Å². The second kappa shape index (κ2) is 8.17. The highest BCUT2D eigenvalue weighted by molar-refractivity contribution is 7.93. The molecule has 0 spiro atoms. The van der Waals surface area contributed by atoms with E-state index in [1.165, 1.54) is 4.31 Å². The van der Waals surface area contributed by atoms with E-state index in [-0.39, 0.29) is 0 Å². The first-order chi connectivity index (χ1) is 14.0. The quantitative estimate of drug-likeness (QED) is 0.429. The van der Waals surface area contributed by atoms with Crippen LogP contribution in [0, 0.1) is 11.5 Å². The zero-order valence-electron chi connectivity index (χ0n) is 18.4. The Bertz CT molecular complexity index is 1230. The predicted molar refractivity (Wildman–Crippen MR) is 131 cm³/mol. The second-order valence-electron chi connectivity index (χ2n) is 8.54. The minimum atomic E-state index is -3.72. The first-order valence-corrected chi connectivity index (χ1v) is 14.8. The van der Waals surface area contributed by atoms with Gasteiger partial charge in [-0.1, -0.05) is 49.8 Å². The standard InChI is InChI=1S/C24H28N2O2SSi/c1-25(2)23-11-7-10-22-21(23)9-8-12-24(22)29(27,28)26(3)20-15-13-19(14-16-20)17-18-30(4,5)6/h7-16H,1-6H3. The summed E-state index contributed by atoms with van der Waals surface area (Å²) in [4.78, 5) is 2.29. The van der Waals surface area contributed by atoms with E-state index in [9.17, 15) is 8.42 Å². The van der Waals surface area contributed by atoms with Crippen molar-refractivity contribution >= 4 is 40.2 Å². The maximum Gasteiger partial charge on any atom is 0.264 e. The number of benzene rings is 3. The average molecular weight is 437 g/mol. The molecule has 0 aromatic heterocycles. The summed E-state index contributed by atoms with van der Waals surface area (Å²) in [6.45, 7) is 6.59. The van der Waals surface area contributed by atoms with Gasteiger partial charge < -0.3 is 4.90 Å². The van der Waals surface area contributed by atoms with Crippen molar-refractivity contribution in [3.05, 3.63) is 66.2 Å². The molecule has 0 aliphatic heterocycles. The van der Waals surface area contributed by atoms with E-state index >= 15 is 0 Å². The maximum atomic E-state index is 13.5. The van der Waals surface area contributed by atoms with Gasteiger partial charge >= 0.3 is 0 Å². The van der Waals surface area contributed by atoms with Crippen LogP contribution in [0.2, 0.25) is 19.6 Å². The molecule has 3 rings (SSSR count). The van der Waals surface area contributed by atoms with Crippen LogP contribution >= 0.6 is 0 Å². The third-order valence-electron chi connectivity index (χ3n) is 4.79. The summed E-state index contributed by atoms with van der Waals surface area (Å²) < 4.78 is 28.3. The van der Waals surface area contributed by atoms with Gasteiger partial charge in [0, 0.05) is 43.2 Å². The minimum Gasteiger partial charge on any atom is -0.377 e. The maximum absolute atomic E-state index is 13.5. The van der Waals surface area contributed by atoms with Crippen LogP contribution in [0.5, 0.6) is 0 Å². The van der Waals surface area contributed by atoms with Gasteiger partial charge in [-0.05, 0) is 36.4 Å². The fourth-order valence-corrected chi connectivity index (χ4v) is 5.10. The highest BCUT2D eigenvalue weighted by Crippen LogP contribution is 2.32. The Morgan fingerprint density at radius 3 is 2.00 bits per heavy atom. The summed E-state index contributed by atoms with van der Waals surface area (Å²) in [6.07, 6.45) is 0. The summed E-state index contributed by atoms with van der Waals surface area (Å²) in [5.74, 6) is 3.20. The Morgan fingerprint density at radius 2 is 1.40 bits per heavy atom. The lowest BCUT2D eigenvalue weighted by molar-refractivity contribution is 0.595. The molecule has 6 heteroatoms. The molecule has 0 heterocycles. The zero-order valence-corrected chi connectivity index (χ0v) is 20.2. The molecule has 0 aliphatic carbocycles. The van der Waals surface area contributed by atoms with E-state index in [0.717, 1.165) is 16.6 Å². The van der Waals surface area contributed by atoms with E-state index in [4.69, 9.17) is 0 Å². The van der Waals surface area contributed by atoms with E-state index in [1.807, 2.05) is 67.5 Å². The van der Waals surface area contributed by atoms with Crippen LogP contribution in [0.4, 0.5) is 11.4 Å². The molecule has 0 atom stereocenters. The minimum absolute atomic E-state index is 0.300. The third kappa shape index (κ3) is 4.53. The highest BCUT2D eigenvalue weighted by atomic mass is 32.2. The first-order valence-electron chi connectivity index (χ1n) is 9.82.